The first-order chi connectivity index (χ1) is 17.5. The van der Waals surface area contributed by atoms with Crippen molar-refractivity contribution in [3.8, 4) is 17.2 Å². The number of rotatable bonds is 14. The third-order valence-corrected chi connectivity index (χ3v) is 6.96. The number of sulfonamides is 1. The maximum atomic E-state index is 13.6. The Kier molecular flexibility index (Phi) is 11.0. The van der Waals surface area contributed by atoms with Gasteiger partial charge in [-0.15, -0.1) is 0 Å². The number of methoxy groups -OCH3 is 3. The molecule has 2 rings (SSSR count). The molecule has 10 nitrogen and oxygen atoms in total. The molecule has 0 spiro atoms. The van der Waals surface area contributed by atoms with Crippen molar-refractivity contribution in [3.63, 3.8) is 0 Å². The van der Waals surface area contributed by atoms with Crippen LogP contribution in [0.15, 0.2) is 42.5 Å². The predicted molar refractivity (Wildman–Crippen MR) is 143 cm³/mol. The van der Waals surface area contributed by atoms with Gasteiger partial charge in [0.1, 0.15) is 18.3 Å². The lowest BCUT2D eigenvalue weighted by molar-refractivity contribution is -0.139. The van der Waals surface area contributed by atoms with Gasteiger partial charge in [-0.25, -0.2) is 8.42 Å². The Morgan fingerprint density at radius 1 is 1.00 bits per heavy atom. The summed E-state index contributed by atoms with van der Waals surface area (Å²) in [4.78, 5) is 27.9. The highest BCUT2D eigenvalue weighted by Crippen LogP contribution is 2.32. The quantitative estimate of drug-likeness (QED) is 0.370. The molecule has 0 aliphatic carbocycles. The van der Waals surface area contributed by atoms with Gasteiger partial charge >= 0.3 is 0 Å². The molecule has 0 saturated heterocycles. The van der Waals surface area contributed by atoms with Gasteiger partial charge in [0.15, 0.2) is 11.5 Å². The van der Waals surface area contributed by atoms with Crippen LogP contribution < -0.4 is 23.8 Å². The Labute approximate surface area is 219 Å². The van der Waals surface area contributed by atoms with Crippen molar-refractivity contribution in [2.24, 2.45) is 0 Å². The second kappa shape index (κ2) is 13.7. The number of carbonyl (C=O) groups excluding carboxylic acids is 2. The van der Waals surface area contributed by atoms with Gasteiger partial charge in [-0.2, -0.15) is 0 Å². The molecule has 0 radical (unpaired) electrons. The number of carbonyl (C=O) groups is 2. The summed E-state index contributed by atoms with van der Waals surface area (Å²) in [5.41, 5.74) is 0.966. The summed E-state index contributed by atoms with van der Waals surface area (Å²) >= 11 is 0. The lowest BCUT2D eigenvalue weighted by atomic mass is 10.1. The molecule has 0 saturated carbocycles. The van der Waals surface area contributed by atoms with Crippen molar-refractivity contribution < 1.29 is 32.2 Å². The van der Waals surface area contributed by atoms with Gasteiger partial charge in [-0.3, -0.25) is 13.9 Å². The van der Waals surface area contributed by atoms with Crippen LogP contribution in [0.25, 0.3) is 0 Å². The number of benzene rings is 2. The zero-order chi connectivity index (χ0) is 27.6. The standard InChI is InChI=1S/C26H37N3O7S/c1-7-8-14-27-26(31)19(2)28(17-20-10-9-11-22(15-20)34-3)25(30)18-29(37(6,32)33)21-12-13-23(35-4)24(16-21)36-5/h9-13,15-16,19H,7-8,14,17-18H2,1-6H3,(H,27,31). The van der Waals surface area contributed by atoms with Crippen molar-refractivity contribution in [2.45, 2.75) is 39.3 Å². The molecule has 204 valence electrons. The first kappa shape index (κ1) is 29.8. The van der Waals surface area contributed by atoms with Gasteiger partial charge in [0.2, 0.25) is 21.8 Å². The maximum Gasteiger partial charge on any atom is 0.244 e. The Bertz CT molecular complexity index is 1170. The van der Waals surface area contributed by atoms with Gasteiger partial charge in [0.25, 0.3) is 0 Å². The Balaban J connectivity index is 2.42. The van der Waals surface area contributed by atoms with Gasteiger partial charge < -0.3 is 24.4 Å². The van der Waals surface area contributed by atoms with Crippen molar-refractivity contribution >= 4 is 27.5 Å². The van der Waals surface area contributed by atoms with E-state index in [1.807, 2.05) is 13.0 Å². The normalized spacial score (nSPS) is 11.8. The SMILES string of the molecule is CCCCNC(=O)C(C)N(Cc1cccc(OC)c1)C(=O)CN(c1ccc(OC)c(OC)c1)S(C)(=O)=O. The summed E-state index contributed by atoms with van der Waals surface area (Å²) < 4.78 is 42.3. The van der Waals surface area contributed by atoms with E-state index in [4.69, 9.17) is 14.2 Å². The Morgan fingerprint density at radius 3 is 2.30 bits per heavy atom. The van der Waals surface area contributed by atoms with Crippen LogP contribution in [0.5, 0.6) is 17.2 Å². The highest BCUT2D eigenvalue weighted by molar-refractivity contribution is 7.92. The van der Waals surface area contributed by atoms with E-state index < -0.39 is 28.5 Å². The summed E-state index contributed by atoms with van der Waals surface area (Å²) in [5.74, 6) is 0.483. The minimum absolute atomic E-state index is 0.0853. The molecule has 1 unspecified atom stereocenters. The third-order valence-electron chi connectivity index (χ3n) is 5.82. The lowest BCUT2D eigenvalue weighted by Gasteiger charge is -2.31. The molecule has 37 heavy (non-hydrogen) atoms. The minimum atomic E-state index is -3.87. The summed E-state index contributed by atoms with van der Waals surface area (Å²) in [6.07, 6.45) is 2.74. The van der Waals surface area contributed by atoms with E-state index >= 15 is 0 Å². The summed E-state index contributed by atoms with van der Waals surface area (Å²) in [6, 6.07) is 10.9. The molecule has 2 aromatic carbocycles. The second-order valence-electron chi connectivity index (χ2n) is 8.50. The average Bonchev–Trinajstić information content (AvgIpc) is 2.88. The van der Waals surface area contributed by atoms with Crippen LogP contribution in [0.4, 0.5) is 5.69 Å². The van der Waals surface area contributed by atoms with Gasteiger partial charge in [0, 0.05) is 19.2 Å². The fraction of sp³-hybridized carbons (Fsp3) is 0.462. The second-order valence-corrected chi connectivity index (χ2v) is 10.4. The van der Waals surface area contributed by atoms with Crippen LogP contribution in [0.1, 0.15) is 32.3 Å². The van der Waals surface area contributed by atoms with Crippen molar-refractivity contribution in [3.05, 3.63) is 48.0 Å². The Morgan fingerprint density at radius 2 is 1.70 bits per heavy atom. The molecule has 0 aliphatic rings. The van der Waals surface area contributed by atoms with Gasteiger partial charge in [0.05, 0.1) is 33.3 Å². The molecule has 2 aromatic rings. The molecule has 0 aliphatic heterocycles. The number of nitrogens with zero attached hydrogens (tertiary/aromatic N) is 2. The average molecular weight is 536 g/mol. The number of anilines is 1. The number of ether oxygens (including phenoxy) is 3. The fourth-order valence-corrected chi connectivity index (χ4v) is 4.52. The first-order valence-corrected chi connectivity index (χ1v) is 13.8. The van der Waals surface area contributed by atoms with Crippen molar-refractivity contribution in [1.82, 2.24) is 10.2 Å². The predicted octanol–water partition coefficient (Wildman–Crippen LogP) is 2.81. The molecule has 0 heterocycles. The molecule has 0 bridgehead atoms. The maximum absolute atomic E-state index is 13.6. The van der Waals surface area contributed by atoms with E-state index in [9.17, 15) is 18.0 Å². The van der Waals surface area contributed by atoms with Crippen LogP contribution >= 0.6 is 0 Å². The largest absolute Gasteiger partial charge is 0.497 e. The molecule has 2 amide bonds. The van der Waals surface area contributed by atoms with Crippen LogP contribution in [-0.2, 0) is 26.2 Å². The van der Waals surface area contributed by atoms with Crippen molar-refractivity contribution in [1.29, 1.82) is 0 Å². The van der Waals surface area contributed by atoms with Gasteiger partial charge in [-0.1, -0.05) is 25.5 Å². The van der Waals surface area contributed by atoms with E-state index in [0.717, 1.165) is 29.0 Å². The highest BCUT2D eigenvalue weighted by atomic mass is 32.2. The molecule has 11 heteroatoms. The van der Waals surface area contributed by atoms with Gasteiger partial charge in [-0.05, 0) is 43.2 Å². The zero-order valence-electron chi connectivity index (χ0n) is 22.3. The molecular weight excluding hydrogens is 498 g/mol. The van der Waals surface area contributed by atoms with E-state index in [1.165, 1.54) is 31.3 Å². The van der Waals surface area contributed by atoms with E-state index in [-0.39, 0.29) is 18.1 Å². The zero-order valence-corrected chi connectivity index (χ0v) is 23.1. The smallest absolute Gasteiger partial charge is 0.244 e. The fourth-order valence-electron chi connectivity index (χ4n) is 3.68. The molecule has 1 atom stereocenters. The Hall–Kier alpha value is -3.47. The number of hydrogen-bond donors (Lipinski definition) is 1. The third kappa shape index (κ3) is 8.28. The molecular formula is C26H37N3O7S. The minimum Gasteiger partial charge on any atom is -0.497 e. The van der Waals surface area contributed by atoms with Crippen molar-refractivity contribution in [2.75, 3.05) is 45.0 Å². The monoisotopic (exact) mass is 535 g/mol. The molecule has 1 N–H and O–H groups in total. The highest BCUT2D eigenvalue weighted by Gasteiger charge is 2.30. The first-order valence-electron chi connectivity index (χ1n) is 12.0. The number of nitrogens with one attached hydrogen (secondary N) is 1. The summed E-state index contributed by atoms with van der Waals surface area (Å²) in [7, 11) is 0.579. The molecule has 0 aromatic heterocycles. The summed E-state index contributed by atoms with van der Waals surface area (Å²) in [5, 5.41) is 2.85. The van der Waals surface area contributed by atoms with Crippen LogP contribution in [-0.4, -0.2) is 71.8 Å². The van der Waals surface area contributed by atoms with E-state index in [2.05, 4.69) is 5.32 Å². The summed E-state index contributed by atoms with van der Waals surface area (Å²) in [6.45, 7) is 3.71. The van der Waals surface area contributed by atoms with Crippen LogP contribution in [0, 0.1) is 0 Å². The topological polar surface area (TPSA) is 114 Å². The molecule has 0 fully saturated rings. The number of amides is 2. The van der Waals surface area contributed by atoms with E-state index in [0.29, 0.717) is 23.8 Å². The van der Waals surface area contributed by atoms with Crippen LogP contribution in [0.2, 0.25) is 0 Å². The number of hydrogen-bond acceptors (Lipinski definition) is 7. The lowest BCUT2D eigenvalue weighted by Crippen LogP contribution is -2.51. The van der Waals surface area contributed by atoms with E-state index in [1.54, 1.807) is 38.3 Å². The number of unbranched alkanes of at least 4 members (excludes halogenated alkanes) is 1. The van der Waals surface area contributed by atoms with Crippen LogP contribution in [0.3, 0.4) is 0 Å².